The third-order valence-corrected chi connectivity index (χ3v) is 5.54. The van der Waals surface area contributed by atoms with Crippen LogP contribution in [0, 0.1) is 0 Å². The topological polar surface area (TPSA) is 62.7 Å². The van der Waals surface area contributed by atoms with Crippen LogP contribution in [0.4, 0.5) is 17.5 Å². The van der Waals surface area contributed by atoms with Crippen LogP contribution >= 0.6 is 11.8 Å². The van der Waals surface area contributed by atoms with Gasteiger partial charge in [-0.1, -0.05) is 25.0 Å². The number of rotatable bonds is 6. The molecule has 1 aliphatic carbocycles. The molecule has 2 aromatic heterocycles. The minimum Gasteiger partial charge on any atom is -0.351 e. The van der Waals surface area contributed by atoms with Crippen molar-refractivity contribution in [2.45, 2.75) is 36.6 Å². The lowest BCUT2D eigenvalue weighted by Crippen LogP contribution is -2.17. The van der Waals surface area contributed by atoms with Crippen molar-refractivity contribution in [2.24, 2.45) is 0 Å². The molecule has 0 bridgehead atoms. The summed E-state index contributed by atoms with van der Waals surface area (Å²) in [4.78, 5) is 14.9. The highest BCUT2D eigenvalue weighted by atomic mass is 32.2. The quantitative estimate of drug-likeness (QED) is 0.564. The summed E-state index contributed by atoms with van der Waals surface area (Å²) >= 11 is 1.71. The van der Waals surface area contributed by atoms with Crippen LogP contribution in [0.2, 0.25) is 0 Å². The van der Waals surface area contributed by atoms with Crippen LogP contribution in [0.3, 0.4) is 0 Å². The molecule has 4 rings (SSSR count). The fourth-order valence-corrected chi connectivity index (χ4v) is 3.93. The molecule has 0 saturated heterocycles. The molecule has 2 N–H and O–H groups in total. The molecule has 1 aromatic carbocycles. The number of hydrogen-bond acceptors (Lipinski definition) is 6. The Hall–Kier alpha value is -2.60. The summed E-state index contributed by atoms with van der Waals surface area (Å²) in [5.74, 6) is 1.46. The number of nitrogens with zero attached hydrogens (tertiary/aromatic N) is 3. The number of hydrogen-bond donors (Lipinski definition) is 2. The first-order chi connectivity index (χ1) is 13.3. The van der Waals surface area contributed by atoms with Crippen molar-refractivity contribution >= 4 is 29.2 Å². The first-order valence-electron chi connectivity index (χ1n) is 9.28. The van der Waals surface area contributed by atoms with E-state index in [1.807, 2.05) is 36.5 Å². The Morgan fingerprint density at radius 1 is 1.04 bits per heavy atom. The summed E-state index contributed by atoms with van der Waals surface area (Å²) in [5.41, 5.74) is 2.89. The second kappa shape index (κ2) is 8.39. The molecule has 0 aliphatic heterocycles. The van der Waals surface area contributed by atoms with Gasteiger partial charge in [-0.15, -0.1) is 11.8 Å². The van der Waals surface area contributed by atoms with Crippen LogP contribution in [0.1, 0.15) is 25.7 Å². The predicted molar refractivity (Wildman–Crippen MR) is 113 cm³/mol. The molecule has 5 nitrogen and oxygen atoms in total. The number of nitrogens with one attached hydrogen (secondary N) is 2. The molecule has 3 aromatic rings. The van der Waals surface area contributed by atoms with E-state index in [0.29, 0.717) is 12.0 Å². The Balaban J connectivity index is 1.68. The zero-order valence-electron chi connectivity index (χ0n) is 15.4. The first-order valence-corrected chi connectivity index (χ1v) is 10.5. The second-order valence-corrected chi connectivity index (χ2v) is 7.50. The fourth-order valence-electron chi connectivity index (χ4n) is 3.38. The van der Waals surface area contributed by atoms with Gasteiger partial charge in [0.15, 0.2) is 0 Å². The summed E-state index contributed by atoms with van der Waals surface area (Å²) in [6.45, 7) is 0. The lowest BCUT2D eigenvalue weighted by molar-refractivity contribution is 0.744. The van der Waals surface area contributed by atoms with E-state index >= 15 is 0 Å². The van der Waals surface area contributed by atoms with Crippen molar-refractivity contribution in [3.8, 4) is 11.3 Å². The molecule has 1 fully saturated rings. The van der Waals surface area contributed by atoms with Gasteiger partial charge in [0.1, 0.15) is 5.82 Å². The van der Waals surface area contributed by atoms with Gasteiger partial charge in [-0.2, -0.15) is 4.98 Å². The van der Waals surface area contributed by atoms with Gasteiger partial charge < -0.3 is 10.6 Å². The van der Waals surface area contributed by atoms with E-state index < -0.39 is 0 Å². The standard InChI is InChI=1S/C21H23N5S/c1-27-19-11-5-4-10-17(19)24-20-13-18(15-7-6-12-22-14-15)25-21(26-20)23-16-8-2-3-9-16/h4-7,10-14,16H,2-3,8-9H2,1H3,(H2,23,24,25,26). The molecule has 0 amide bonds. The minimum atomic E-state index is 0.459. The second-order valence-electron chi connectivity index (χ2n) is 6.65. The molecular formula is C21H23N5S. The van der Waals surface area contributed by atoms with E-state index in [2.05, 4.69) is 34.0 Å². The van der Waals surface area contributed by atoms with E-state index in [4.69, 9.17) is 9.97 Å². The molecule has 0 radical (unpaired) electrons. The number of benzene rings is 1. The Bertz CT molecular complexity index is 894. The molecule has 1 aliphatic rings. The van der Waals surface area contributed by atoms with Crippen LogP contribution in [0.15, 0.2) is 59.8 Å². The normalized spacial score (nSPS) is 14.3. The summed E-state index contributed by atoms with van der Waals surface area (Å²) in [6, 6.07) is 14.6. The van der Waals surface area contributed by atoms with E-state index in [-0.39, 0.29) is 0 Å². The van der Waals surface area contributed by atoms with Gasteiger partial charge in [0.2, 0.25) is 5.95 Å². The molecular weight excluding hydrogens is 354 g/mol. The van der Waals surface area contributed by atoms with Crippen LogP contribution in [0.5, 0.6) is 0 Å². The highest BCUT2D eigenvalue weighted by Gasteiger charge is 2.17. The summed E-state index contributed by atoms with van der Waals surface area (Å²) in [7, 11) is 0. The van der Waals surface area contributed by atoms with Crippen LogP contribution in [-0.4, -0.2) is 27.2 Å². The largest absolute Gasteiger partial charge is 0.351 e. The highest BCUT2D eigenvalue weighted by Crippen LogP contribution is 2.29. The van der Waals surface area contributed by atoms with Gasteiger partial charge in [-0.05, 0) is 43.4 Å². The van der Waals surface area contributed by atoms with Gasteiger partial charge in [0.25, 0.3) is 0 Å². The monoisotopic (exact) mass is 377 g/mol. The molecule has 27 heavy (non-hydrogen) atoms. The van der Waals surface area contributed by atoms with Crippen molar-refractivity contribution in [1.29, 1.82) is 0 Å². The third kappa shape index (κ3) is 4.39. The SMILES string of the molecule is CSc1ccccc1Nc1cc(-c2cccnc2)nc(NC2CCCC2)n1. The Kier molecular flexibility index (Phi) is 5.53. The van der Waals surface area contributed by atoms with Crippen LogP contribution in [-0.2, 0) is 0 Å². The maximum absolute atomic E-state index is 4.74. The van der Waals surface area contributed by atoms with Crippen molar-refractivity contribution < 1.29 is 0 Å². The zero-order valence-corrected chi connectivity index (χ0v) is 16.2. The van der Waals surface area contributed by atoms with E-state index in [9.17, 15) is 0 Å². The Morgan fingerprint density at radius 3 is 2.67 bits per heavy atom. The number of thioether (sulfide) groups is 1. The molecule has 0 unspecified atom stereocenters. The van der Waals surface area contributed by atoms with Gasteiger partial charge in [0.05, 0.1) is 11.4 Å². The van der Waals surface area contributed by atoms with Gasteiger partial charge in [-0.3, -0.25) is 4.98 Å². The van der Waals surface area contributed by atoms with Crippen molar-refractivity contribution in [3.63, 3.8) is 0 Å². The zero-order chi connectivity index (χ0) is 18.5. The average Bonchev–Trinajstić information content (AvgIpc) is 3.22. The molecule has 6 heteroatoms. The fraction of sp³-hybridized carbons (Fsp3) is 0.286. The smallest absolute Gasteiger partial charge is 0.225 e. The number of para-hydroxylation sites is 1. The molecule has 138 valence electrons. The van der Waals surface area contributed by atoms with Crippen molar-refractivity contribution in [3.05, 3.63) is 54.9 Å². The number of anilines is 3. The number of pyridine rings is 1. The highest BCUT2D eigenvalue weighted by molar-refractivity contribution is 7.98. The lowest BCUT2D eigenvalue weighted by atomic mass is 10.2. The average molecular weight is 378 g/mol. The first kappa shape index (κ1) is 17.8. The van der Waals surface area contributed by atoms with Crippen molar-refractivity contribution in [2.75, 3.05) is 16.9 Å². The molecule has 1 saturated carbocycles. The maximum atomic E-state index is 4.74. The third-order valence-electron chi connectivity index (χ3n) is 4.74. The van der Waals surface area contributed by atoms with E-state index in [1.54, 1.807) is 18.0 Å². The number of aromatic nitrogens is 3. The van der Waals surface area contributed by atoms with Gasteiger partial charge in [0, 0.05) is 35.0 Å². The maximum Gasteiger partial charge on any atom is 0.225 e. The molecule has 2 heterocycles. The van der Waals surface area contributed by atoms with Crippen LogP contribution < -0.4 is 10.6 Å². The lowest BCUT2D eigenvalue weighted by Gasteiger charge is -2.15. The predicted octanol–water partition coefficient (Wildman–Crippen LogP) is 5.36. The summed E-state index contributed by atoms with van der Waals surface area (Å²) < 4.78 is 0. The van der Waals surface area contributed by atoms with E-state index in [1.165, 1.54) is 30.6 Å². The molecule has 0 spiro atoms. The molecule has 0 atom stereocenters. The minimum absolute atomic E-state index is 0.459. The summed E-state index contributed by atoms with van der Waals surface area (Å²) in [6.07, 6.45) is 10.6. The summed E-state index contributed by atoms with van der Waals surface area (Å²) in [5, 5.41) is 6.98. The Labute approximate surface area is 164 Å². The van der Waals surface area contributed by atoms with Gasteiger partial charge in [-0.25, -0.2) is 4.98 Å². The van der Waals surface area contributed by atoms with Crippen LogP contribution in [0.25, 0.3) is 11.3 Å². The van der Waals surface area contributed by atoms with Crippen molar-refractivity contribution in [1.82, 2.24) is 15.0 Å². The van der Waals surface area contributed by atoms with Gasteiger partial charge >= 0.3 is 0 Å². The Morgan fingerprint density at radius 2 is 1.89 bits per heavy atom. The van der Waals surface area contributed by atoms with E-state index in [0.717, 1.165) is 22.8 Å².